The number of fused-ring (bicyclic) bond motifs is 1. The molecule has 0 aliphatic rings. The van der Waals surface area contributed by atoms with Gasteiger partial charge in [-0.15, -0.1) is 0 Å². The number of nitrogens with two attached hydrogens (primary N) is 1. The van der Waals surface area contributed by atoms with Gasteiger partial charge in [-0.05, 0) is 29.8 Å². The van der Waals surface area contributed by atoms with E-state index in [1.165, 1.54) is 5.56 Å². The van der Waals surface area contributed by atoms with Crippen LogP contribution in [-0.4, -0.2) is 9.38 Å². The molecule has 18 heavy (non-hydrogen) atoms. The molecule has 2 aromatic heterocycles. The molecule has 2 heterocycles. The summed E-state index contributed by atoms with van der Waals surface area (Å²) >= 11 is 5.87. The molecule has 0 atom stereocenters. The van der Waals surface area contributed by atoms with Crippen LogP contribution in [0.1, 0.15) is 11.4 Å². The maximum atomic E-state index is 5.87. The first-order chi connectivity index (χ1) is 8.72. The number of benzene rings is 1. The van der Waals surface area contributed by atoms with Crippen LogP contribution in [0.15, 0.2) is 48.8 Å². The molecule has 0 saturated carbocycles. The fourth-order valence-corrected chi connectivity index (χ4v) is 2.10. The standard InChI is InChI=1S/C14H12ClN3/c15-11-3-1-10(2-4-11)7-14-17-8-13-6-5-12(16)9-18(13)14/h1-6,8-9H,7,16H2. The van der Waals surface area contributed by atoms with E-state index in [1.807, 2.05) is 53.2 Å². The fraction of sp³-hybridized carbons (Fsp3) is 0.0714. The summed E-state index contributed by atoms with van der Waals surface area (Å²) in [7, 11) is 0. The SMILES string of the molecule is Nc1ccc2cnc(Cc3ccc(Cl)cc3)n2c1. The van der Waals surface area contributed by atoms with Gasteiger partial charge in [-0.25, -0.2) is 4.98 Å². The van der Waals surface area contributed by atoms with Crippen molar-refractivity contribution in [1.29, 1.82) is 0 Å². The average Bonchev–Trinajstić information content (AvgIpc) is 2.75. The number of imidazole rings is 1. The predicted octanol–water partition coefficient (Wildman–Crippen LogP) is 3.16. The van der Waals surface area contributed by atoms with Crippen molar-refractivity contribution in [3.63, 3.8) is 0 Å². The predicted molar refractivity (Wildman–Crippen MR) is 73.9 cm³/mol. The van der Waals surface area contributed by atoms with Crippen LogP contribution in [0.5, 0.6) is 0 Å². The van der Waals surface area contributed by atoms with Gasteiger partial charge in [-0.3, -0.25) is 0 Å². The molecular formula is C14H12ClN3. The molecule has 0 aliphatic carbocycles. The van der Waals surface area contributed by atoms with Crippen molar-refractivity contribution in [2.45, 2.75) is 6.42 Å². The summed E-state index contributed by atoms with van der Waals surface area (Å²) < 4.78 is 2.02. The number of hydrogen-bond acceptors (Lipinski definition) is 2. The summed E-state index contributed by atoms with van der Waals surface area (Å²) in [6.45, 7) is 0. The van der Waals surface area contributed by atoms with Gasteiger partial charge in [0.2, 0.25) is 0 Å². The van der Waals surface area contributed by atoms with Gasteiger partial charge in [-0.2, -0.15) is 0 Å². The lowest BCUT2D eigenvalue weighted by atomic mass is 10.1. The summed E-state index contributed by atoms with van der Waals surface area (Å²) in [5, 5.41) is 0.746. The van der Waals surface area contributed by atoms with Gasteiger partial charge in [-0.1, -0.05) is 23.7 Å². The first-order valence-electron chi connectivity index (χ1n) is 5.68. The summed E-state index contributed by atoms with van der Waals surface area (Å²) in [4.78, 5) is 4.43. The molecule has 0 spiro atoms. The second kappa shape index (κ2) is 4.35. The third-order valence-electron chi connectivity index (χ3n) is 2.90. The van der Waals surface area contributed by atoms with Gasteiger partial charge in [0.15, 0.2) is 0 Å². The van der Waals surface area contributed by atoms with E-state index < -0.39 is 0 Å². The summed E-state index contributed by atoms with van der Waals surface area (Å²) in [6.07, 6.45) is 4.51. The molecule has 0 saturated heterocycles. The van der Waals surface area contributed by atoms with Gasteiger partial charge in [0.25, 0.3) is 0 Å². The molecule has 3 aromatic rings. The van der Waals surface area contributed by atoms with Crippen LogP contribution in [0.4, 0.5) is 5.69 Å². The molecule has 0 bridgehead atoms. The highest BCUT2D eigenvalue weighted by atomic mass is 35.5. The molecule has 0 aliphatic heterocycles. The molecule has 0 radical (unpaired) electrons. The number of anilines is 1. The Morgan fingerprint density at radius 1 is 1.11 bits per heavy atom. The lowest BCUT2D eigenvalue weighted by Gasteiger charge is -2.03. The minimum atomic E-state index is 0.734. The van der Waals surface area contributed by atoms with Gasteiger partial charge in [0, 0.05) is 23.3 Å². The number of rotatable bonds is 2. The van der Waals surface area contributed by atoms with Crippen LogP contribution < -0.4 is 5.73 Å². The third-order valence-corrected chi connectivity index (χ3v) is 3.15. The number of halogens is 1. The maximum Gasteiger partial charge on any atom is 0.117 e. The zero-order chi connectivity index (χ0) is 12.5. The number of aromatic nitrogens is 2. The van der Waals surface area contributed by atoms with Gasteiger partial charge in [0.05, 0.1) is 11.7 Å². The quantitative estimate of drug-likeness (QED) is 0.766. The van der Waals surface area contributed by atoms with Gasteiger partial charge >= 0.3 is 0 Å². The second-order valence-corrected chi connectivity index (χ2v) is 4.67. The molecule has 0 unspecified atom stereocenters. The zero-order valence-electron chi connectivity index (χ0n) is 9.68. The Kier molecular flexibility index (Phi) is 2.68. The average molecular weight is 258 g/mol. The monoisotopic (exact) mass is 257 g/mol. The second-order valence-electron chi connectivity index (χ2n) is 4.23. The summed E-state index contributed by atoms with van der Waals surface area (Å²) in [6, 6.07) is 11.6. The van der Waals surface area contributed by atoms with Crippen LogP contribution >= 0.6 is 11.6 Å². The van der Waals surface area contributed by atoms with E-state index in [0.29, 0.717) is 0 Å². The summed E-state index contributed by atoms with van der Waals surface area (Å²) in [5.41, 5.74) is 8.76. The summed E-state index contributed by atoms with van der Waals surface area (Å²) in [5.74, 6) is 0.972. The molecule has 4 heteroatoms. The van der Waals surface area contributed by atoms with Crippen LogP contribution in [0.3, 0.4) is 0 Å². The van der Waals surface area contributed by atoms with Crippen molar-refractivity contribution in [3.05, 3.63) is 65.2 Å². The highest BCUT2D eigenvalue weighted by Gasteiger charge is 2.04. The minimum Gasteiger partial charge on any atom is -0.398 e. The Morgan fingerprint density at radius 2 is 1.89 bits per heavy atom. The first kappa shape index (κ1) is 11.1. The largest absolute Gasteiger partial charge is 0.398 e. The molecule has 2 N–H and O–H groups in total. The van der Waals surface area contributed by atoms with Crippen molar-refractivity contribution in [2.24, 2.45) is 0 Å². The Hall–Kier alpha value is -2.00. The Balaban J connectivity index is 1.99. The smallest absolute Gasteiger partial charge is 0.117 e. The number of pyridine rings is 1. The molecule has 90 valence electrons. The van der Waals surface area contributed by atoms with Crippen molar-refractivity contribution < 1.29 is 0 Å². The zero-order valence-corrected chi connectivity index (χ0v) is 10.4. The third kappa shape index (κ3) is 2.05. The van der Waals surface area contributed by atoms with Crippen LogP contribution in [-0.2, 0) is 6.42 Å². The minimum absolute atomic E-state index is 0.734. The van der Waals surface area contributed by atoms with Crippen molar-refractivity contribution in [3.8, 4) is 0 Å². The number of nitrogens with zero attached hydrogens (tertiary/aromatic N) is 2. The molecule has 3 rings (SSSR count). The molecule has 0 fully saturated rings. The van der Waals surface area contributed by atoms with E-state index in [9.17, 15) is 0 Å². The van der Waals surface area contributed by atoms with Crippen LogP contribution in [0, 0.1) is 0 Å². The highest BCUT2D eigenvalue weighted by molar-refractivity contribution is 6.30. The van der Waals surface area contributed by atoms with E-state index in [4.69, 9.17) is 17.3 Å². The van der Waals surface area contributed by atoms with Crippen LogP contribution in [0.25, 0.3) is 5.52 Å². The van der Waals surface area contributed by atoms with E-state index in [2.05, 4.69) is 4.98 Å². The lowest BCUT2D eigenvalue weighted by molar-refractivity contribution is 0.963. The molecule has 0 amide bonds. The fourth-order valence-electron chi connectivity index (χ4n) is 1.98. The van der Waals surface area contributed by atoms with E-state index in [1.54, 1.807) is 0 Å². The van der Waals surface area contributed by atoms with Crippen molar-refractivity contribution in [1.82, 2.24) is 9.38 Å². The van der Waals surface area contributed by atoms with Crippen molar-refractivity contribution in [2.75, 3.05) is 5.73 Å². The lowest BCUT2D eigenvalue weighted by Crippen LogP contribution is -1.97. The number of nitrogen functional groups attached to an aromatic ring is 1. The maximum absolute atomic E-state index is 5.87. The normalized spacial score (nSPS) is 10.9. The Morgan fingerprint density at radius 3 is 2.67 bits per heavy atom. The van der Waals surface area contributed by atoms with E-state index >= 15 is 0 Å². The first-order valence-corrected chi connectivity index (χ1v) is 6.06. The Bertz CT molecular complexity index is 686. The molecule has 3 nitrogen and oxygen atoms in total. The van der Waals surface area contributed by atoms with Gasteiger partial charge in [0.1, 0.15) is 5.82 Å². The van der Waals surface area contributed by atoms with E-state index in [0.717, 1.165) is 28.5 Å². The van der Waals surface area contributed by atoms with E-state index in [-0.39, 0.29) is 0 Å². The van der Waals surface area contributed by atoms with Crippen molar-refractivity contribution >= 4 is 22.8 Å². The van der Waals surface area contributed by atoms with Crippen LogP contribution in [0.2, 0.25) is 5.02 Å². The molecular weight excluding hydrogens is 246 g/mol. The highest BCUT2D eigenvalue weighted by Crippen LogP contribution is 2.15. The topological polar surface area (TPSA) is 43.3 Å². The Labute approximate surface area is 110 Å². The number of hydrogen-bond donors (Lipinski definition) is 1. The molecule has 1 aromatic carbocycles. The van der Waals surface area contributed by atoms with Gasteiger partial charge < -0.3 is 10.1 Å².